The molecule has 192 valence electrons. The molecule has 1 aliphatic rings. The van der Waals surface area contributed by atoms with Gasteiger partial charge in [-0.2, -0.15) is 0 Å². The van der Waals surface area contributed by atoms with Gasteiger partial charge in [0.25, 0.3) is 22.7 Å². The molecular formula is C24H25BrN2O8S. The fraction of sp³-hybridized carbons (Fsp3) is 0.333. The van der Waals surface area contributed by atoms with Crippen molar-refractivity contribution >= 4 is 56.3 Å². The predicted molar refractivity (Wildman–Crippen MR) is 134 cm³/mol. The number of esters is 1. The molecule has 0 aliphatic carbocycles. The number of rotatable bonds is 7. The number of amides is 2. The van der Waals surface area contributed by atoms with E-state index in [1.54, 1.807) is 46.8 Å². The molecule has 0 saturated carbocycles. The summed E-state index contributed by atoms with van der Waals surface area (Å²) in [6.45, 7) is 8.22. The number of thiol groups is 1. The van der Waals surface area contributed by atoms with Crippen LogP contribution in [-0.4, -0.2) is 48.7 Å². The first-order valence-electron chi connectivity index (χ1n) is 10.9. The Bertz CT molecular complexity index is 1270. The third kappa shape index (κ3) is 5.44. The van der Waals surface area contributed by atoms with Gasteiger partial charge >= 0.3 is 11.9 Å². The Labute approximate surface area is 218 Å². The van der Waals surface area contributed by atoms with Crippen LogP contribution in [0.25, 0.3) is 0 Å². The highest BCUT2D eigenvalue weighted by molar-refractivity contribution is 9.10. The van der Waals surface area contributed by atoms with Gasteiger partial charge in [-0.25, -0.2) is 18.0 Å². The van der Waals surface area contributed by atoms with Crippen LogP contribution < -0.4 is 4.47 Å². The number of halogens is 1. The zero-order chi connectivity index (χ0) is 26.9. The molecule has 36 heavy (non-hydrogen) atoms. The monoisotopic (exact) mass is 580 g/mol. The van der Waals surface area contributed by atoms with Crippen LogP contribution in [0.5, 0.6) is 0 Å². The fourth-order valence-corrected chi connectivity index (χ4v) is 4.82. The molecule has 0 fully saturated rings. The van der Waals surface area contributed by atoms with Gasteiger partial charge in [-0.3, -0.25) is 14.5 Å². The van der Waals surface area contributed by atoms with E-state index in [2.05, 4.69) is 15.9 Å². The molecule has 10 nitrogen and oxygen atoms in total. The van der Waals surface area contributed by atoms with E-state index in [4.69, 9.17) is 9.57 Å². The van der Waals surface area contributed by atoms with E-state index >= 15 is 0 Å². The molecule has 1 aliphatic heterocycles. The third-order valence-corrected chi connectivity index (χ3v) is 6.53. The minimum absolute atomic E-state index is 0.00100. The highest BCUT2D eigenvalue weighted by atomic mass is 79.9. The van der Waals surface area contributed by atoms with Crippen LogP contribution in [-0.2, 0) is 25.3 Å². The van der Waals surface area contributed by atoms with Crippen LogP contribution >= 0.6 is 15.9 Å². The molecule has 0 spiro atoms. The SMILES string of the molecule is CC(C)[C@@H](C(=O)ON(c1cccc(C(=O)OC(C)(C)C)c1Br)[SH](=O)=O)N1C(=O)c2ccccc2C1=O. The van der Waals surface area contributed by atoms with Gasteiger partial charge in [0.15, 0.2) is 0 Å². The predicted octanol–water partition coefficient (Wildman–Crippen LogP) is 3.52. The summed E-state index contributed by atoms with van der Waals surface area (Å²) in [5, 5.41) is 0. The van der Waals surface area contributed by atoms with Crippen molar-refractivity contribution in [1.82, 2.24) is 4.90 Å². The van der Waals surface area contributed by atoms with Crippen molar-refractivity contribution in [1.29, 1.82) is 0 Å². The maximum atomic E-state index is 13.2. The van der Waals surface area contributed by atoms with Gasteiger partial charge in [-0.15, -0.1) is 0 Å². The molecule has 0 radical (unpaired) electrons. The Hall–Kier alpha value is -3.25. The fourth-order valence-electron chi connectivity index (χ4n) is 3.60. The van der Waals surface area contributed by atoms with Crippen molar-refractivity contribution in [2.75, 3.05) is 4.47 Å². The highest BCUT2D eigenvalue weighted by Crippen LogP contribution is 2.33. The number of anilines is 1. The van der Waals surface area contributed by atoms with E-state index in [1.165, 1.54) is 30.3 Å². The van der Waals surface area contributed by atoms with Crippen LogP contribution in [0.3, 0.4) is 0 Å². The van der Waals surface area contributed by atoms with E-state index in [0.717, 1.165) is 4.90 Å². The Morgan fingerprint density at radius 1 is 0.972 bits per heavy atom. The molecule has 2 aromatic rings. The average molecular weight is 581 g/mol. The zero-order valence-electron chi connectivity index (χ0n) is 20.2. The van der Waals surface area contributed by atoms with E-state index in [-0.39, 0.29) is 26.9 Å². The molecular weight excluding hydrogens is 556 g/mol. The van der Waals surface area contributed by atoms with Crippen LogP contribution in [0.1, 0.15) is 65.7 Å². The number of nitrogens with zero attached hydrogens (tertiary/aromatic N) is 2. The lowest BCUT2D eigenvalue weighted by molar-refractivity contribution is -0.149. The maximum Gasteiger partial charge on any atom is 0.356 e. The second-order valence-corrected chi connectivity index (χ2v) is 10.9. The molecule has 0 N–H and O–H groups in total. The number of ether oxygens (including phenoxy) is 1. The molecule has 12 heteroatoms. The summed E-state index contributed by atoms with van der Waals surface area (Å²) in [4.78, 5) is 57.7. The van der Waals surface area contributed by atoms with Gasteiger partial charge in [0.2, 0.25) is 0 Å². The van der Waals surface area contributed by atoms with E-state index < -0.39 is 52.2 Å². The highest BCUT2D eigenvalue weighted by Gasteiger charge is 2.45. The summed E-state index contributed by atoms with van der Waals surface area (Å²) in [6.07, 6.45) is 0. The first kappa shape index (κ1) is 27.3. The normalized spacial score (nSPS) is 14.2. The second-order valence-electron chi connectivity index (χ2n) is 9.28. The summed E-state index contributed by atoms with van der Waals surface area (Å²) >= 11 is 3.20. The standard InChI is InChI=1S/C24H25BrN2O8S/c1-13(2)19(26-20(28)14-9-6-7-10-15(14)21(26)29)23(31)35-27(36(32)33)17-12-8-11-16(18(17)25)22(30)34-24(3,4)5/h6-13,19,36H,1-5H3/t19-/m0/s1. The number of hydrogen-bond donors (Lipinski definition) is 1. The lowest BCUT2D eigenvalue weighted by Gasteiger charge is -2.29. The van der Waals surface area contributed by atoms with E-state index in [9.17, 15) is 27.6 Å². The van der Waals surface area contributed by atoms with Crippen molar-refractivity contribution in [2.24, 2.45) is 5.92 Å². The number of fused-ring (bicyclic) bond motifs is 1. The molecule has 0 unspecified atom stereocenters. The maximum absolute atomic E-state index is 13.2. The molecule has 0 bridgehead atoms. The summed E-state index contributed by atoms with van der Waals surface area (Å²) in [7, 11) is -3.55. The van der Waals surface area contributed by atoms with Gasteiger partial charge < -0.3 is 9.57 Å². The van der Waals surface area contributed by atoms with Crippen LogP contribution in [0, 0.1) is 5.92 Å². The summed E-state index contributed by atoms with van der Waals surface area (Å²) < 4.78 is 29.9. The molecule has 3 rings (SSSR count). The van der Waals surface area contributed by atoms with Crippen molar-refractivity contribution in [3.63, 3.8) is 0 Å². The number of hydrogen-bond acceptors (Lipinski definition) is 8. The Morgan fingerprint density at radius 2 is 1.53 bits per heavy atom. The summed E-state index contributed by atoms with van der Waals surface area (Å²) in [5.41, 5.74) is -0.700. The Kier molecular flexibility index (Phi) is 7.89. The zero-order valence-corrected chi connectivity index (χ0v) is 22.7. The van der Waals surface area contributed by atoms with Gasteiger partial charge in [-0.05, 0) is 66.9 Å². The summed E-state index contributed by atoms with van der Waals surface area (Å²) in [6, 6.07) is 8.82. The van der Waals surface area contributed by atoms with Gasteiger partial charge in [0.05, 0.1) is 21.2 Å². The lowest BCUT2D eigenvalue weighted by Crippen LogP contribution is -2.50. The molecule has 0 saturated heterocycles. The first-order chi connectivity index (χ1) is 16.7. The Morgan fingerprint density at radius 3 is 2.00 bits per heavy atom. The molecule has 1 heterocycles. The number of carbonyl (C=O) groups excluding carboxylic acids is 4. The third-order valence-electron chi connectivity index (χ3n) is 5.10. The van der Waals surface area contributed by atoms with Crippen LogP contribution in [0.4, 0.5) is 5.69 Å². The topological polar surface area (TPSA) is 127 Å². The van der Waals surface area contributed by atoms with Gasteiger partial charge in [0, 0.05) is 0 Å². The number of carbonyl (C=O) groups is 4. The van der Waals surface area contributed by atoms with Crippen LogP contribution in [0.2, 0.25) is 0 Å². The van der Waals surface area contributed by atoms with Crippen molar-refractivity contribution in [2.45, 2.75) is 46.3 Å². The lowest BCUT2D eigenvalue weighted by atomic mass is 10.0. The van der Waals surface area contributed by atoms with E-state index in [1.807, 2.05) is 0 Å². The minimum atomic E-state index is -3.55. The van der Waals surface area contributed by atoms with Crippen molar-refractivity contribution in [3.05, 3.63) is 63.6 Å². The van der Waals surface area contributed by atoms with Crippen LogP contribution in [0.15, 0.2) is 46.9 Å². The molecule has 0 aromatic heterocycles. The minimum Gasteiger partial charge on any atom is -0.456 e. The average Bonchev–Trinajstić information content (AvgIpc) is 3.02. The number of imide groups is 1. The van der Waals surface area contributed by atoms with E-state index in [0.29, 0.717) is 4.47 Å². The van der Waals surface area contributed by atoms with Crippen molar-refractivity contribution < 1.29 is 37.2 Å². The molecule has 1 atom stereocenters. The summed E-state index contributed by atoms with van der Waals surface area (Å²) in [5.74, 6) is -3.85. The largest absolute Gasteiger partial charge is 0.456 e. The molecule has 2 aromatic carbocycles. The second kappa shape index (κ2) is 10.4. The van der Waals surface area contributed by atoms with Gasteiger partial charge in [-0.1, -0.05) is 36.5 Å². The van der Waals surface area contributed by atoms with Gasteiger partial charge in [0.1, 0.15) is 17.3 Å². The number of benzene rings is 2. The first-order valence-corrected chi connectivity index (χ1v) is 12.8. The molecule has 2 amide bonds. The van der Waals surface area contributed by atoms with Crippen molar-refractivity contribution in [3.8, 4) is 0 Å². The Balaban J connectivity index is 1.95. The smallest absolute Gasteiger partial charge is 0.356 e. The quantitative estimate of drug-likeness (QED) is 0.228.